The lowest BCUT2D eigenvalue weighted by Gasteiger charge is -2.42. The Balaban J connectivity index is 1.30. The molecule has 9 nitrogen and oxygen atoms in total. The number of piperazine rings is 1. The number of para-hydroxylation sites is 1. The van der Waals surface area contributed by atoms with Gasteiger partial charge in [0.15, 0.2) is 0 Å². The predicted octanol–water partition coefficient (Wildman–Crippen LogP) is 3.64. The van der Waals surface area contributed by atoms with Crippen LogP contribution < -0.4 is 14.5 Å². The van der Waals surface area contributed by atoms with Gasteiger partial charge in [0, 0.05) is 50.2 Å². The zero-order chi connectivity index (χ0) is 28.5. The fourth-order valence-corrected chi connectivity index (χ4v) is 7.35. The van der Waals surface area contributed by atoms with Crippen LogP contribution in [0.1, 0.15) is 42.5 Å². The third kappa shape index (κ3) is 5.47. The Morgan fingerprint density at radius 3 is 2.85 bits per heavy atom. The maximum absolute atomic E-state index is 12.5. The Bertz CT molecular complexity index is 1360. The molecule has 10 heteroatoms. The van der Waals surface area contributed by atoms with E-state index in [1.807, 2.05) is 12.1 Å². The highest BCUT2D eigenvalue weighted by molar-refractivity contribution is 6.33. The van der Waals surface area contributed by atoms with E-state index >= 15 is 0 Å². The van der Waals surface area contributed by atoms with E-state index in [-0.39, 0.29) is 18.4 Å². The molecular formula is C31H38ClN7O2. The van der Waals surface area contributed by atoms with E-state index in [9.17, 15) is 10.1 Å². The van der Waals surface area contributed by atoms with Gasteiger partial charge in [-0.1, -0.05) is 30.3 Å². The van der Waals surface area contributed by atoms with Crippen molar-refractivity contribution in [3.05, 3.63) is 52.7 Å². The number of hydrogen-bond acceptors (Lipinski definition) is 8. The number of ether oxygens (including phenoxy) is 1. The highest BCUT2D eigenvalue weighted by atomic mass is 35.5. The number of hydrogen-bond donors (Lipinski definition) is 0. The van der Waals surface area contributed by atoms with Gasteiger partial charge in [-0.3, -0.25) is 4.79 Å². The Morgan fingerprint density at radius 1 is 1.20 bits per heavy atom. The van der Waals surface area contributed by atoms with Crippen LogP contribution in [0.5, 0.6) is 6.01 Å². The van der Waals surface area contributed by atoms with E-state index in [0.29, 0.717) is 44.3 Å². The molecule has 1 aromatic carbocycles. The summed E-state index contributed by atoms with van der Waals surface area (Å²) in [7, 11) is 2.14. The van der Waals surface area contributed by atoms with Crippen molar-refractivity contribution in [2.75, 3.05) is 56.2 Å². The summed E-state index contributed by atoms with van der Waals surface area (Å²) >= 11 is 6.68. The number of halogens is 1. The molecule has 0 saturated carbocycles. The highest BCUT2D eigenvalue weighted by Gasteiger charge is 2.36. The van der Waals surface area contributed by atoms with E-state index in [1.54, 1.807) is 4.90 Å². The van der Waals surface area contributed by atoms with Crippen LogP contribution in [0, 0.1) is 11.3 Å². The number of anilines is 2. The summed E-state index contributed by atoms with van der Waals surface area (Å²) in [5, 5.41) is 10.3. The summed E-state index contributed by atoms with van der Waals surface area (Å²) in [5.74, 6) is 0.753. The number of amides is 1. The van der Waals surface area contributed by atoms with Crippen molar-refractivity contribution < 1.29 is 9.53 Å². The summed E-state index contributed by atoms with van der Waals surface area (Å²) in [6, 6.07) is 9.32. The minimum Gasteiger partial charge on any atom is -0.462 e. The second kappa shape index (κ2) is 11.9. The quantitative estimate of drug-likeness (QED) is 0.462. The lowest BCUT2D eigenvalue weighted by atomic mass is 9.90. The van der Waals surface area contributed by atoms with Crippen LogP contribution in [-0.4, -0.2) is 90.2 Å². The fraction of sp³-hybridized carbons (Fsp3) is 0.548. The maximum atomic E-state index is 12.5. The predicted molar refractivity (Wildman–Crippen MR) is 160 cm³/mol. The van der Waals surface area contributed by atoms with Crippen LogP contribution in [-0.2, 0) is 24.1 Å². The summed E-state index contributed by atoms with van der Waals surface area (Å²) in [6.45, 7) is 7.95. The van der Waals surface area contributed by atoms with Gasteiger partial charge in [-0.25, -0.2) is 0 Å². The molecule has 2 aromatic rings. The second-order valence-corrected chi connectivity index (χ2v) is 12.0. The molecule has 216 valence electrons. The molecule has 3 unspecified atom stereocenters. The van der Waals surface area contributed by atoms with E-state index in [4.69, 9.17) is 26.3 Å². The van der Waals surface area contributed by atoms with Crippen molar-refractivity contribution in [2.24, 2.45) is 0 Å². The highest BCUT2D eigenvalue weighted by Crippen LogP contribution is 2.40. The monoisotopic (exact) mass is 575 g/mol. The van der Waals surface area contributed by atoms with Gasteiger partial charge in [0.1, 0.15) is 12.4 Å². The van der Waals surface area contributed by atoms with Crippen molar-refractivity contribution in [3.63, 3.8) is 0 Å². The normalized spacial score (nSPS) is 24.1. The summed E-state index contributed by atoms with van der Waals surface area (Å²) in [6.07, 6.45) is 7.53. The molecule has 2 fully saturated rings. The third-order valence-electron chi connectivity index (χ3n) is 9.27. The Kier molecular flexibility index (Phi) is 8.05. The lowest BCUT2D eigenvalue weighted by Crippen LogP contribution is -2.55. The van der Waals surface area contributed by atoms with Gasteiger partial charge in [0.25, 0.3) is 0 Å². The molecular weight excluding hydrogens is 538 g/mol. The summed E-state index contributed by atoms with van der Waals surface area (Å²) in [5.41, 5.74) is 4.67. The summed E-state index contributed by atoms with van der Waals surface area (Å²) < 4.78 is 6.29. The van der Waals surface area contributed by atoms with E-state index in [0.717, 1.165) is 67.3 Å². The molecule has 1 aliphatic carbocycles. The number of carbonyl (C=O) groups is 1. The molecule has 1 amide bonds. The first kappa shape index (κ1) is 27.8. The van der Waals surface area contributed by atoms with Gasteiger partial charge in [-0.05, 0) is 63.4 Å². The van der Waals surface area contributed by atoms with Crippen molar-refractivity contribution in [1.82, 2.24) is 19.8 Å². The number of aromatic nitrogens is 2. The first-order valence-electron chi connectivity index (χ1n) is 14.8. The standard InChI is InChI=1S/C31H38ClN7O2/c1-3-28(40)38-17-16-37(19-23(38)11-13-33)30-25-10-9-22(39-15-12-21-6-4-8-26(32)29(21)39)18-27(25)34-31(35-30)41-20-24-7-5-14-36(24)2/h3-4,6,8,22-24H,1,5,7,9-12,14-20H2,2H3. The van der Waals surface area contributed by atoms with Crippen LogP contribution in [0.4, 0.5) is 11.5 Å². The number of rotatable bonds is 7. The van der Waals surface area contributed by atoms with Gasteiger partial charge in [0.05, 0.1) is 34.9 Å². The first-order valence-corrected chi connectivity index (χ1v) is 15.2. The molecule has 4 aliphatic rings. The van der Waals surface area contributed by atoms with Crippen LogP contribution in [0.15, 0.2) is 30.9 Å². The summed E-state index contributed by atoms with van der Waals surface area (Å²) in [4.78, 5) is 31.3. The number of fused-ring (bicyclic) bond motifs is 2. The lowest BCUT2D eigenvalue weighted by molar-refractivity contribution is -0.128. The van der Waals surface area contributed by atoms with E-state index < -0.39 is 0 Å². The maximum Gasteiger partial charge on any atom is 0.318 e. The Hall–Kier alpha value is -3.35. The number of likely N-dealkylation sites (tertiary alicyclic amines) is 1. The van der Waals surface area contributed by atoms with Gasteiger partial charge in [-0.15, -0.1) is 0 Å². The molecule has 3 atom stereocenters. The SMILES string of the molecule is C=CC(=O)N1CCN(c2nc(OCC3CCCN3C)nc3c2CCC(N2CCc4cccc(Cl)c42)C3)CC1CC#N. The molecule has 6 rings (SSSR count). The van der Waals surface area contributed by atoms with E-state index in [2.05, 4.69) is 40.5 Å². The number of benzene rings is 1. The van der Waals surface area contributed by atoms with Crippen LogP contribution >= 0.6 is 11.6 Å². The minimum absolute atomic E-state index is 0.133. The van der Waals surface area contributed by atoms with Crippen molar-refractivity contribution in [1.29, 1.82) is 5.26 Å². The Morgan fingerprint density at radius 2 is 2.07 bits per heavy atom. The first-order chi connectivity index (χ1) is 20.0. The topological polar surface area (TPSA) is 88.8 Å². The van der Waals surface area contributed by atoms with Crippen molar-refractivity contribution >= 4 is 29.0 Å². The molecule has 0 N–H and O–H groups in total. The second-order valence-electron chi connectivity index (χ2n) is 11.6. The smallest absolute Gasteiger partial charge is 0.318 e. The van der Waals surface area contributed by atoms with Crippen LogP contribution in [0.3, 0.4) is 0 Å². The number of nitrogens with zero attached hydrogens (tertiary/aromatic N) is 7. The zero-order valence-corrected chi connectivity index (χ0v) is 24.5. The largest absolute Gasteiger partial charge is 0.462 e. The van der Waals surface area contributed by atoms with Crippen LogP contribution in [0.25, 0.3) is 0 Å². The van der Waals surface area contributed by atoms with Gasteiger partial charge >= 0.3 is 6.01 Å². The van der Waals surface area contributed by atoms with Crippen molar-refractivity contribution in [3.8, 4) is 12.1 Å². The van der Waals surface area contributed by atoms with Crippen molar-refractivity contribution in [2.45, 2.75) is 63.1 Å². The zero-order valence-electron chi connectivity index (χ0n) is 23.8. The Labute approximate surface area is 247 Å². The van der Waals surface area contributed by atoms with Crippen LogP contribution in [0.2, 0.25) is 5.02 Å². The molecule has 0 bridgehead atoms. The van der Waals surface area contributed by atoms with Gasteiger partial charge < -0.3 is 24.3 Å². The third-order valence-corrected chi connectivity index (χ3v) is 9.58. The molecule has 3 aliphatic heterocycles. The van der Waals surface area contributed by atoms with Gasteiger partial charge in [-0.2, -0.15) is 15.2 Å². The average Bonchev–Trinajstić information content (AvgIpc) is 3.61. The minimum atomic E-state index is -0.221. The number of likely N-dealkylation sites (N-methyl/N-ethyl adjacent to an activating group) is 1. The van der Waals surface area contributed by atoms with Gasteiger partial charge in [0.2, 0.25) is 5.91 Å². The fourth-order valence-electron chi connectivity index (χ4n) is 7.05. The molecule has 0 spiro atoms. The molecule has 2 saturated heterocycles. The average molecular weight is 576 g/mol. The number of carbonyl (C=O) groups excluding carboxylic acids is 1. The molecule has 4 heterocycles. The molecule has 0 radical (unpaired) electrons. The molecule has 41 heavy (non-hydrogen) atoms. The number of nitriles is 1. The molecule has 1 aromatic heterocycles. The van der Waals surface area contributed by atoms with E-state index in [1.165, 1.54) is 23.7 Å².